The first kappa shape index (κ1) is 17.9. The Kier molecular flexibility index (Phi) is 6.59. The maximum atomic E-state index is 12.2. The van der Waals surface area contributed by atoms with Gasteiger partial charge in [0.15, 0.2) is 0 Å². The third kappa shape index (κ3) is 5.95. The number of primary amides is 1. The Hall–Kier alpha value is -1.40. The first-order valence-electron chi connectivity index (χ1n) is 8.00. The maximum Gasteiger partial charge on any atom is 0.238 e. The van der Waals surface area contributed by atoms with Crippen molar-refractivity contribution in [3.8, 4) is 0 Å². The number of carbonyl (C=O) groups excluding carboxylic acids is 2. The van der Waals surface area contributed by atoms with Crippen LogP contribution in [-0.4, -0.2) is 36.3 Å². The second kappa shape index (κ2) is 8.45. The number of carbonyl (C=O) groups is 2. The Labute approximate surface area is 145 Å². The van der Waals surface area contributed by atoms with Crippen LogP contribution in [0.2, 0.25) is 0 Å². The molecule has 1 aromatic carbocycles. The quantitative estimate of drug-likeness (QED) is 0.794. The number of rotatable bonds is 6. The summed E-state index contributed by atoms with van der Waals surface area (Å²) >= 11 is 3.45. The molecule has 1 atom stereocenters. The lowest BCUT2D eigenvalue weighted by Crippen LogP contribution is -2.40. The van der Waals surface area contributed by atoms with E-state index in [-0.39, 0.29) is 11.8 Å². The number of hydrogen-bond donors (Lipinski definition) is 2. The standard InChI is InChI=1S/C17H24BrN3O2/c1-12-9-14(5-6-15(12)18)20-17(23)11-21-8-2-3-13(10-21)4-7-16(19)22/h5-6,9,13H,2-4,7-8,10-11H2,1H3,(H2,19,22)(H,20,23). The van der Waals surface area contributed by atoms with E-state index >= 15 is 0 Å². The third-order valence-electron chi connectivity index (χ3n) is 4.21. The van der Waals surface area contributed by atoms with Crippen LogP contribution < -0.4 is 11.1 Å². The van der Waals surface area contributed by atoms with Crippen molar-refractivity contribution in [2.24, 2.45) is 11.7 Å². The van der Waals surface area contributed by atoms with Gasteiger partial charge in [0.1, 0.15) is 0 Å². The molecule has 2 rings (SSSR count). The topological polar surface area (TPSA) is 75.4 Å². The third-order valence-corrected chi connectivity index (χ3v) is 5.10. The molecule has 1 heterocycles. The van der Waals surface area contributed by atoms with Crippen LogP contribution in [0.25, 0.3) is 0 Å². The number of aryl methyl sites for hydroxylation is 1. The molecule has 1 aliphatic rings. The Balaban J connectivity index is 1.82. The van der Waals surface area contributed by atoms with Crippen molar-refractivity contribution >= 4 is 33.4 Å². The summed E-state index contributed by atoms with van der Waals surface area (Å²) in [4.78, 5) is 25.3. The molecule has 0 saturated carbocycles. The highest BCUT2D eigenvalue weighted by Crippen LogP contribution is 2.22. The number of hydrogen-bond acceptors (Lipinski definition) is 3. The highest BCUT2D eigenvalue weighted by molar-refractivity contribution is 9.10. The molecule has 1 aliphatic heterocycles. The average molecular weight is 382 g/mol. The van der Waals surface area contributed by atoms with E-state index in [0.717, 1.165) is 48.1 Å². The first-order valence-corrected chi connectivity index (χ1v) is 8.80. The number of amides is 2. The van der Waals surface area contributed by atoms with Gasteiger partial charge in [-0.1, -0.05) is 15.9 Å². The van der Waals surface area contributed by atoms with Gasteiger partial charge in [-0.25, -0.2) is 0 Å². The van der Waals surface area contributed by atoms with E-state index in [4.69, 9.17) is 5.73 Å². The van der Waals surface area contributed by atoms with Crippen LogP contribution in [0.4, 0.5) is 5.69 Å². The summed E-state index contributed by atoms with van der Waals surface area (Å²) in [6, 6.07) is 5.78. The van der Waals surface area contributed by atoms with Crippen molar-refractivity contribution < 1.29 is 9.59 Å². The zero-order valence-corrected chi connectivity index (χ0v) is 15.1. The van der Waals surface area contributed by atoms with Gasteiger partial charge in [-0.2, -0.15) is 0 Å². The van der Waals surface area contributed by atoms with E-state index in [1.165, 1.54) is 0 Å². The van der Waals surface area contributed by atoms with E-state index in [1.54, 1.807) is 0 Å². The second-order valence-corrected chi connectivity index (χ2v) is 7.11. The molecule has 0 aromatic heterocycles. The molecular weight excluding hydrogens is 358 g/mol. The number of likely N-dealkylation sites (tertiary alicyclic amines) is 1. The minimum absolute atomic E-state index is 0.00211. The van der Waals surface area contributed by atoms with E-state index in [0.29, 0.717) is 18.9 Å². The Morgan fingerprint density at radius 3 is 2.91 bits per heavy atom. The zero-order chi connectivity index (χ0) is 16.8. The molecular formula is C17H24BrN3O2. The van der Waals surface area contributed by atoms with Gasteiger partial charge < -0.3 is 11.1 Å². The average Bonchev–Trinajstić information content (AvgIpc) is 2.49. The fourth-order valence-corrected chi connectivity index (χ4v) is 3.25. The van der Waals surface area contributed by atoms with Gasteiger partial charge in [-0.3, -0.25) is 14.5 Å². The van der Waals surface area contributed by atoms with Gasteiger partial charge in [0.2, 0.25) is 11.8 Å². The molecule has 1 aromatic rings. The van der Waals surface area contributed by atoms with Gasteiger partial charge in [-0.05, 0) is 62.4 Å². The molecule has 3 N–H and O–H groups in total. The van der Waals surface area contributed by atoms with Gasteiger partial charge >= 0.3 is 0 Å². The molecule has 126 valence electrons. The van der Waals surface area contributed by atoms with Crippen LogP contribution in [0.15, 0.2) is 22.7 Å². The molecule has 23 heavy (non-hydrogen) atoms. The van der Waals surface area contributed by atoms with Gasteiger partial charge in [0.05, 0.1) is 6.54 Å². The highest BCUT2D eigenvalue weighted by Gasteiger charge is 2.21. The van der Waals surface area contributed by atoms with Crippen LogP contribution in [0.5, 0.6) is 0 Å². The van der Waals surface area contributed by atoms with Crippen LogP contribution in [-0.2, 0) is 9.59 Å². The summed E-state index contributed by atoms with van der Waals surface area (Å²) < 4.78 is 1.03. The van der Waals surface area contributed by atoms with Crippen LogP contribution >= 0.6 is 15.9 Å². The number of nitrogens with one attached hydrogen (secondary N) is 1. The van der Waals surface area contributed by atoms with Crippen molar-refractivity contribution in [3.05, 3.63) is 28.2 Å². The largest absolute Gasteiger partial charge is 0.370 e. The minimum Gasteiger partial charge on any atom is -0.370 e. The van der Waals surface area contributed by atoms with E-state index < -0.39 is 0 Å². The number of nitrogens with zero attached hydrogens (tertiary/aromatic N) is 1. The number of nitrogens with two attached hydrogens (primary N) is 1. The summed E-state index contributed by atoms with van der Waals surface area (Å²) in [6.45, 7) is 4.18. The smallest absolute Gasteiger partial charge is 0.238 e. The number of piperidine rings is 1. The molecule has 0 bridgehead atoms. The first-order chi connectivity index (χ1) is 10.9. The van der Waals surface area contributed by atoms with E-state index in [9.17, 15) is 9.59 Å². The molecule has 1 unspecified atom stereocenters. The monoisotopic (exact) mass is 381 g/mol. The van der Waals surface area contributed by atoms with Crippen molar-refractivity contribution in [1.29, 1.82) is 0 Å². The van der Waals surface area contributed by atoms with Crippen molar-refractivity contribution in [1.82, 2.24) is 4.90 Å². The lowest BCUT2D eigenvalue weighted by Gasteiger charge is -2.32. The molecule has 6 heteroatoms. The van der Waals surface area contributed by atoms with E-state index in [1.807, 2.05) is 25.1 Å². The lowest BCUT2D eigenvalue weighted by molar-refractivity contribution is -0.119. The minimum atomic E-state index is -0.245. The maximum absolute atomic E-state index is 12.2. The predicted molar refractivity (Wildman–Crippen MR) is 95.1 cm³/mol. The summed E-state index contributed by atoms with van der Waals surface area (Å²) in [5.74, 6) is 0.215. The number of benzene rings is 1. The van der Waals surface area contributed by atoms with Crippen LogP contribution in [0, 0.1) is 12.8 Å². The predicted octanol–water partition coefficient (Wildman–Crippen LogP) is 2.67. The summed E-state index contributed by atoms with van der Waals surface area (Å²) in [5, 5.41) is 2.95. The van der Waals surface area contributed by atoms with Crippen LogP contribution in [0.3, 0.4) is 0 Å². The molecule has 1 fully saturated rings. The molecule has 1 saturated heterocycles. The molecule has 0 aliphatic carbocycles. The Morgan fingerprint density at radius 1 is 1.43 bits per heavy atom. The van der Waals surface area contributed by atoms with Gasteiger partial charge in [0.25, 0.3) is 0 Å². The number of halogens is 1. The Morgan fingerprint density at radius 2 is 2.22 bits per heavy atom. The highest BCUT2D eigenvalue weighted by atomic mass is 79.9. The zero-order valence-electron chi connectivity index (χ0n) is 13.5. The van der Waals surface area contributed by atoms with Crippen LogP contribution in [0.1, 0.15) is 31.2 Å². The van der Waals surface area contributed by atoms with Crippen molar-refractivity contribution in [2.75, 3.05) is 25.0 Å². The SMILES string of the molecule is Cc1cc(NC(=O)CN2CCCC(CCC(N)=O)C2)ccc1Br. The summed E-state index contributed by atoms with van der Waals surface area (Å²) in [5.41, 5.74) is 7.12. The summed E-state index contributed by atoms with van der Waals surface area (Å²) in [7, 11) is 0. The summed E-state index contributed by atoms with van der Waals surface area (Å²) in [6.07, 6.45) is 3.42. The lowest BCUT2D eigenvalue weighted by atomic mass is 9.93. The normalized spacial score (nSPS) is 18.6. The van der Waals surface area contributed by atoms with Gasteiger partial charge in [0, 0.05) is 23.1 Å². The second-order valence-electron chi connectivity index (χ2n) is 6.26. The van der Waals surface area contributed by atoms with E-state index in [2.05, 4.69) is 26.1 Å². The fourth-order valence-electron chi connectivity index (χ4n) is 3.00. The van der Waals surface area contributed by atoms with Crippen molar-refractivity contribution in [3.63, 3.8) is 0 Å². The number of anilines is 1. The molecule has 0 spiro atoms. The van der Waals surface area contributed by atoms with Gasteiger partial charge in [-0.15, -0.1) is 0 Å². The molecule has 5 nitrogen and oxygen atoms in total. The van der Waals surface area contributed by atoms with Crippen molar-refractivity contribution in [2.45, 2.75) is 32.6 Å². The molecule has 0 radical (unpaired) electrons. The fraction of sp³-hybridized carbons (Fsp3) is 0.529. The Bertz CT molecular complexity index is 577. The molecule has 2 amide bonds.